The predicted molar refractivity (Wildman–Crippen MR) is 423 cm³/mol. The third kappa shape index (κ3) is 76.6. The van der Waals surface area contributed by atoms with Gasteiger partial charge in [-0.05, 0) is 43.4 Å². The molecule has 19 heteroatoms. The zero-order chi connectivity index (χ0) is 75.8. The highest BCUT2D eigenvalue weighted by molar-refractivity contribution is 7.47. The third-order valence-corrected chi connectivity index (χ3v) is 21.9. The molecule has 0 aliphatic rings. The van der Waals surface area contributed by atoms with E-state index >= 15 is 0 Å². The Hall–Kier alpha value is -1.94. The monoisotopic (exact) mass is 1510 g/mol. The van der Waals surface area contributed by atoms with Gasteiger partial charge in [0.1, 0.15) is 19.3 Å². The predicted octanol–water partition coefficient (Wildman–Crippen LogP) is 25.3. The maximum absolute atomic E-state index is 13.1. The number of phosphoric acid groups is 2. The summed E-state index contributed by atoms with van der Waals surface area (Å²) in [5, 5.41) is 10.7. The Morgan fingerprint density at radius 2 is 0.495 bits per heavy atom. The van der Waals surface area contributed by atoms with Gasteiger partial charge in [0, 0.05) is 25.7 Å². The maximum Gasteiger partial charge on any atom is 0.472 e. The number of rotatable bonds is 82. The summed E-state index contributed by atoms with van der Waals surface area (Å²) in [6, 6.07) is 0. The van der Waals surface area contributed by atoms with Gasteiger partial charge in [-0.3, -0.25) is 37.3 Å². The van der Waals surface area contributed by atoms with E-state index in [1.165, 1.54) is 244 Å². The van der Waals surface area contributed by atoms with Crippen molar-refractivity contribution >= 4 is 39.5 Å². The van der Waals surface area contributed by atoms with Crippen LogP contribution in [0.3, 0.4) is 0 Å². The van der Waals surface area contributed by atoms with Crippen molar-refractivity contribution in [3.63, 3.8) is 0 Å². The van der Waals surface area contributed by atoms with Crippen molar-refractivity contribution in [2.75, 3.05) is 39.6 Å². The number of carbonyl (C=O) groups is 4. The lowest BCUT2D eigenvalue weighted by Crippen LogP contribution is -2.30. The molecule has 0 saturated carbocycles. The molecule has 0 amide bonds. The molecule has 0 aliphatic carbocycles. The van der Waals surface area contributed by atoms with Gasteiger partial charge in [-0.1, -0.05) is 389 Å². The second-order valence-corrected chi connectivity index (χ2v) is 34.3. The van der Waals surface area contributed by atoms with E-state index in [0.29, 0.717) is 31.6 Å². The smallest absolute Gasteiger partial charge is 0.462 e. The van der Waals surface area contributed by atoms with Crippen molar-refractivity contribution in [1.82, 2.24) is 0 Å². The molecule has 0 rings (SSSR count). The zero-order valence-electron chi connectivity index (χ0n) is 67.8. The minimum absolute atomic E-state index is 0.106. The molecule has 0 radical (unpaired) electrons. The molecule has 0 spiro atoms. The molecule has 6 atom stereocenters. The largest absolute Gasteiger partial charge is 0.472 e. The molecule has 0 saturated heterocycles. The molecule has 3 unspecified atom stereocenters. The minimum Gasteiger partial charge on any atom is -0.462 e. The van der Waals surface area contributed by atoms with Crippen LogP contribution in [0.15, 0.2) is 0 Å². The quantitative estimate of drug-likeness (QED) is 0.0222. The summed E-state index contributed by atoms with van der Waals surface area (Å²) in [6.45, 7) is 12.0. The average Bonchev–Trinajstić information content (AvgIpc) is 1.09. The second-order valence-electron chi connectivity index (χ2n) is 31.4. The molecule has 612 valence electrons. The Kier molecular flexibility index (Phi) is 72.8. The molecule has 0 aromatic carbocycles. The lowest BCUT2D eigenvalue weighted by atomic mass is 9.99. The average molecular weight is 1510 g/mol. The normalized spacial score (nSPS) is 14.2. The molecule has 0 heterocycles. The van der Waals surface area contributed by atoms with Crippen molar-refractivity contribution in [2.45, 2.75) is 458 Å². The summed E-state index contributed by atoms with van der Waals surface area (Å²) >= 11 is 0. The Morgan fingerprint density at radius 1 is 0.282 bits per heavy atom. The van der Waals surface area contributed by atoms with E-state index in [2.05, 4.69) is 48.5 Å². The lowest BCUT2D eigenvalue weighted by molar-refractivity contribution is -0.161. The maximum atomic E-state index is 13.1. The van der Waals surface area contributed by atoms with E-state index in [0.717, 1.165) is 108 Å². The van der Waals surface area contributed by atoms with E-state index < -0.39 is 97.5 Å². The Labute approximate surface area is 632 Å². The van der Waals surface area contributed by atoms with Crippen LogP contribution >= 0.6 is 15.6 Å². The number of unbranched alkanes of at least 4 members (excludes halogenated alkanes) is 49. The summed E-state index contributed by atoms with van der Waals surface area (Å²) in [5.74, 6) is 0.245. The van der Waals surface area contributed by atoms with Crippen LogP contribution in [0.25, 0.3) is 0 Å². The van der Waals surface area contributed by atoms with Crippen LogP contribution in [0, 0.1) is 17.8 Å². The molecule has 3 N–H and O–H groups in total. The highest BCUT2D eigenvalue weighted by Crippen LogP contribution is 2.45. The van der Waals surface area contributed by atoms with Gasteiger partial charge in [0.15, 0.2) is 12.2 Å². The first-order valence-electron chi connectivity index (χ1n) is 43.4. The Morgan fingerprint density at radius 3 is 0.738 bits per heavy atom. The molecule has 0 aromatic heterocycles. The number of phosphoric ester groups is 2. The van der Waals surface area contributed by atoms with E-state index in [1.807, 2.05) is 0 Å². The van der Waals surface area contributed by atoms with Crippen molar-refractivity contribution in [3.05, 3.63) is 0 Å². The van der Waals surface area contributed by atoms with Gasteiger partial charge < -0.3 is 33.8 Å². The molecule has 103 heavy (non-hydrogen) atoms. The molecule has 0 bridgehead atoms. The first kappa shape index (κ1) is 101. The highest BCUT2D eigenvalue weighted by atomic mass is 31.2. The minimum atomic E-state index is -4.96. The van der Waals surface area contributed by atoms with Gasteiger partial charge in [-0.25, -0.2) is 9.13 Å². The van der Waals surface area contributed by atoms with Crippen molar-refractivity contribution in [3.8, 4) is 0 Å². The van der Waals surface area contributed by atoms with Crippen LogP contribution in [0.2, 0.25) is 0 Å². The number of esters is 4. The number of carbonyl (C=O) groups excluding carboxylic acids is 4. The summed E-state index contributed by atoms with van der Waals surface area (Å²) in [5.41, 5.74) is 0. The van der Waals surface area contributed by atoms with Gasteiger partial charge in [0.25, 0.3) is 0 Å². The topological polar surface area (TPSA) is 237 Å². The van der Waals surface area contributed by atoms with Gasteiger partial charge in [0.2, 0.25) is 0 Å². The van der Waals surface area contributed by atoms with Gasteiger partial charge in [0.05, 0.1) is 26.4 Å². The van der Waals surface area contributed by atoms with Crippen LogP contribution in [0.1, 0.15) is 440 Å². The number of hydrogen-bond acceptors (Lipinski definition) is 15. The SMILES string of the molecule is CCCCCCCCCCCCCCCCCCC(=O)OC[C@H](COP(=O)(O)OC[C@@H](O)COP(=O)(O)OC[C@@H](COC(=O)CCCCCCCCCC(C)C)OC(=O)CCCCCCCCCCCCCCC(C)C)OC(=O)CCCCCCCCCCCCCCCCCCCCC(C)CC. The fraction of sp³-hybridized carbons (Fsp3) is 0.952. The van der Waals surface area contributed by atoms with E-state index in [9.17, 15) is 43.2 Å². The fourth-order valence-electron chi connectivity index (χ4n) is 13.0. The second kappa shape index (κ2) is 74.2. The van der Waals surface area contributed by atoms with Gasteiger partial charge in [-0.2, -0.15) is 0 Å². The number of aliphatic hydroxyl groups is 1. The summed E-state index contributed by atoms with van der Waals surface area (Å²) in [4.78, 5) is 73.1. The van der Waals surface area contributed by atoms with Crippen molar-refractivity contribution in [2.24, 2.45) is 17.8 Å². The van der Waals surface area contributed by atoms with Gasteiger partial charge >= 0.3 is 39.5 Å². The Balaban J connectivity index is 5.22. The van der Waals surface area contributed by atoms with Crippen LogP contribution < -0.4 is 0 Å². The van der Waals surface area contributed by atoms with Crippen LogP contribution in [0.5, 0.6) is 0 Å². The molecule has 0 aromatic rings. The number of aliphatic hydroxyl groups excluding tert-OH is 1. The summed E-state index contributed by atoms with van der Waals surface area (Å²) in [6.07, 6.45) is 63.9. The zero-order valence-corrected chi connectivity index (χ0v) is 69.6. The Bertz CT molecular complexity index is 1990. The first-order valence-corrected chi connectivity index (χ1v) is 46.4. The molecular weight excluding hydrogens is 1340 g/mol. The molecule has 0 fully saturated rings. The number of ether oxygens (including phenoxy) is 4. The highest BCUT2D eigenvalue weighted by Gasteiger charge is 2.30. The van der Waals surface area contributed by atoms with E-state index in [-0.39, 0.29) is 25.7 Å². The molecular formula is C84H164O17P2. The van der Waals surface area contributed by atoms with Crippen LogP contribution in [-0.4, -0.2) is 96.7 Å². The molecule has 0 aliphatic heterocycles. The van der Waals surface area contributed by atoms with Crippen LogP contribution in [0.4, 0.5) is 0 Å². The first-order chi connectivity index (χ1) is 49.8. The fourth-order valence-corrected chi connectivity index (χ4v) is 14.6. The van der Waals surface area contributed by atoms with Crippen molar-refractivity contribution in [1.29, 1.82) is 0 Å². The van der Waals surface area contributed by atoms with Gasteiger partial charge in [-0.15, -0.1) is 0 Å². The number of hydrogen-bond donors (Lipinski definition) is 3. The van der Waals surface area contributed by atoms with E-state index in [1.54, 1.807) is 0 Å². The summed E-state index contributed by atoms with van der Waals surface area (Å²) in [7, 11) is -9.92. The third-order valence-electron chi connectivity index (χ3n) is 20.0. The van der Waals surface area contributed by atoms with Crippen LogP contribution in [-0.2, 0) is 65.4 Å². The summed E-state index contributed by atoms with van der Waals surface area (Å²) < 4.78 is 68.8. The standard InChI is InChI=1S/C84H164O17P2/c1-8-10-11-12-13-14-15-16-17-23-26-32-37-44-51-58-65-81(86)94-71-79(100-83(88)67-60-53-45-38-33-27-24-21-19-18-20-22-25-31-36-43-50-57-64-77(7)9-2)73-98-102(90,91)96-69-78(85)70-97-103(92,93)99-74-80(72-95-82(87)66-59-52-47-40-42-49-56-63-76(5)6)101-84(89)68-61-54-46-39-34-29-28-30-35-41-48-55-62-75(3)4/h75-80,85H,8-74H2,1-7H3,(H,90,91)(H,92,93)/t77?,78-,79-,80-/m1/s1. The molecule has 17 nitrogen and oxygen atoms in total. The van der Waals surface area contributed by atoms with E-state index in [4.69, 9.17) is 37.0 Å². The van der Waals surface area contributed by atoms with Crippen molar-refractivity contribution < 1.29 is 80.2 Å². The lowest BCUT2D eigenvalue weighted by Gasteiger charge is -2.21.